The summed E-state index contributed by atoms with van der Waals surface area (Å²) < 4.78 is 0.411. The first kappa shape index (κ1) is 14.0. The van der Waals surface area contributed by atoms with Gasteiger partial charge in [-0.25, -0.2) is 0 Å². The quantitative estimate of drug-likeness (QED) is 0.531. The fraction of sp³-hybridized carbons (Fsp3) is 1.00. The average Bonchev–Trinajstić information content (AvgIpc) is 2.74. The summed E-state index contributed by atoms with van der Waals surface area (Å²) in [5, 5.41) is 0. The summed E-state index contributed by atoms with van der Waals surface area (Å²) in [6.07, 6.45) is 16.2. The van der Waals surface area contributed by atoms with Crippen LogP contribution in [0.25, 0.3) is 0 Å². The van der Waals surface area contributed by atoms with Crippen molar-refractivity contribution in [3.63, 3.8) is 0 Å². The minimum Gasteiger partial charge on any atom is -0.172 e. The van der Waals surface area contributed by atoms with Crippen molar-refractivity contribution in [1.82, 2.24) is 0 Å². The van der Waals surface area contributed by atoms with Crippen molar-refractivity contribution in [3.05, 3.63) is 0 Å². The molecule has 0 N–H and O–H groups in total. The van der Waals surface area contributed by atoms with Crippen molar-refractivity contribution < 1.29 is 0 Å². The second kappa shape index (κ2) is 4.43. The van der Waals surface area contributed by atoms with Crippen LogP contribution in [0.5, 0.6) is 0 Å². The molecule has 6 atom stereocenters. The lowest BCUT2D eigenvalue weighted by Gasteiger charge is -2.63. The summed E-state index contributed by atoms with van der Waals surface area (Å²) in [5.41, 5.74) is 1.29. The van der Waals surface area contributed by atoms with Crippen LogP contribution in [0.2, 0.25) is 0 Å². The third-order valence-corrected chi connectivity index (χ3v) is 9.59. The Morgan fingerprint density at radius 3 is 2.45 bits per heavy atom. The summed E-state index contributed by atoms with van der Waals surface area (Å²) in [6, 6.07) is 0. The topological polar surface area (TPSA) is 0 Å². The predicted molar refractivity (Wildman–Crippen MR) is 89.2 cm³/mol. The maximum atomic E-state index is 5.39. The molecule has 0 bridgehead atoms. The molecule has 4 aliphatic carbocycles. The molecule has 0 aliphatic heterocycles. The second-order valence-electron chi connectivity index (χ2n) is 9.09. The van der Waals surface area contributed by atoms with Crippen LogP contribution in [-0.2, 0) is 0 Å². The van der Waals surface area contributed by atoms with Crippen molar-refractivity contribution in [1.29, 1.82) is 0 Å². The van der Waals surface area contributed by atoms with Crippen LogP contribution in [-0.4, -0.2) is 4.75 Å². The summed E-state index contributed by atoms with van der Waals surface area (Å²) in [5.74, 6) is 2.85. The highest BCUT2D eigenvalue weighted by atomic mass is 32.1. The van der Waals surface area contributed by atoms with E-state index < -0.39 is 0 Å². The van der Waals surface area contributed by atoms with Crippen molar-refractivity contribution in [3.8, 4) is 0 Å². The van der Waals surface area contributed by atoms with Crippen molar-refractivity contribution in [2.24, 2.45) is 28.6 Å². The zero-order valence-corrected chi connectivity index (χ0v) is 14.4. The Bertz CT molecular complexity index is 405. The Balaban J connectivity index is 1.70. The minimum atomic E-state index is 0.411. The van der Waals surface area contributed by atoms with E-state index >= 15 is 0 Å². The van der Waals surface area contributed by atoms with Crippen LogP contribution in [0.4, 0.5) is 0 Å². The van der Waals surface area contributed by atoms with Gasteiger partial charge in [-0.05, 0) is 80.0 Å². The summed E-state index contributed by atoms with van der Waals surface area (Å²) in [7, 11) is 0. The zero-order chi connectivity index (χ0) is 14.0. The molecule has 0 aromatic heterocycles. The first-order chi connectivity index (χ1) is 9.50. The van der Waals surface area contributed by atoms with Crippen LogP contribution >= 0.6 is 12.6 Å². The lowest BCUT2D eigenvalue weighted by Crippen LogP contribution is -2.58. The number of rotatable bonds is 0. The molecule has 114 valence electrons. The van der Waals surface area contributed by atoms with Crippen LogP contribution in [0, 0.1) is 28.6 Å². The Labute approximate surface area is 130 Å². The summed E-state index contributed by atoms with van der Waals surface area (Å²) in [4.78, 5) is 0. The molecular formula is C19H32S. The van der Waals surface area contributed by atoms with Crippen LogP contribution in [0.3, 0.4) is 0 Å². The third-order valence-electron chi connectivity index (χ3n) is 8.67. The van der Waals surface area contributed by atoms with Gasteiger partial charge in [0.1, 0.15) is 0 Å². The molecule has 0 amide bonds. The Morgan fingerprint density at radius 1 is 0.750 bits per heavy atom. The van der Waals surface area contributed by atoms with Gasteiger partial charge in [-0.2, -0.15) is 12.6 Å². The largest absolute Gasteiger partial charge is 0.172 e. The number of hydrogen-bond acceptors (Lipinski definition) is 1. The molecule has 20 heavy (non-hydrogen) atoms. The third kappa shape index (κ3) is 1.62. The summed E-state index contributed by atoms with van der Waals surface area (Å²) in [6.45, 7) is 5.28. The number of fused-ring (bicyclic) bond motifs is 5. The molecule has 0 saturated heterocycles. The predicted octanol–water partition coefficient (Wildman–Crippen LogP) is 5.86. The Kier molecular flexibility index (Phi) is 3.10. The average molecular weight is 293 g/mol. The number of hydrogen-bond donors (Lipinski definition) is 1. The minimum absolute atomic E-state index is 0.411. The monoisotopic (exact) mass is 292 g/mol. The highest BCUT2D eigenvalue weighted by molar-refractivity contribution is 7.81. The van der Waals surface area contributed by atoms with Crippen LogP contribution < -0.4 is 0 Å². The zero-order valence-electron chi connectivity index (χ0n) is 13.5. The lowest BCUT2D eigenvalue weighted by atomic mass is 9.45. The van der Waals surface area contributed by atoms with Crippen molar-refractivity contribution >= 4 is 12.6 Å². The first-order valence-electron chi connectivity index (χ1n) is 9.22. The smallest absolute Gasteiger partial charge is 0.0189 e. The number of thiol groups is 1. The molecule has 0 spiro atoms. The van der Waals surface area contributed by atoms with E-state index in [4.69, 9.17) is 12.6 Å². The van der Waals surface area contributed by atoms with Gasteiger partial charge in [0.05, 0.1) is 0 Å². The summed E-state index contributed by atoms with van der Waals surface area (Å²) >= 11 is 5.39. The van der Waals surface area contributed by atoms with E-state index in [9.17, 15) is 0 Å². The highest BCUT2D eigenvalue weighted by Crippen LogP contribution is 2.70. The fourth-order valence-corrected chi connectivity index (χ4v) is 7.96. The molecule has 4 rings (SSSR count). The molecule has 0 nitrogen and oxygen atoms in total. The maximum Gasteiger partial charge on any atom is 0.0189 e. The van der Waals surface area contributed by atoms with Gasteiger partial charge in [0.25, 0.3) is 0 Å². The molecule has 4 aliphatic rings. The van der Waals surface area contributed by atoms with Gasteiger partial charge >= 0.3 is 0 Å². The van der Waals surface area contributed by atoms with E-state index in [-0.39, 0.29) is 0 Å². The molecule has 0 aromatic carbocycles. The van der Waals surface area contributed by atoms with E-state index in [1.807, 2.05) is 0 Å². The van der Waals surface area contributed by atoms with Gasteiger partial charge < -0.3 is 0 Å². The highest BCUT2D eigenvalue weighted by Gasteiger charge is 2.62. The van der Waals surface area contributed by atoms with Gasteiger partial charge in [0.2, 0.25) is 0 Å². The molecule has 6 unspecified atom stereocenters. The lowest BCUT2D eigenvalue weighted by molar-refractivity contribution is -0.0942. The van der Waals surface area contributed by atoms with Gasteiger partial charge in [0, 0.05) is 4.75 Å². The Hall–Kier alpha value is 0.350. The van der Waals surface area contributed by atoms with E-state index in [0.29, 0.717) is 15.6 Å². The molecule has 1 heteroatoms. The van der Waals surface area contributed by atoms with Gasteiger partial charge in [0.15, 0.2) is 0 Å². The van der Waals surface area contributed by atoms with E-state index in [2.05, 4.69) is 13.8 Å². The van der Waals surface area contributed by atoms with E-state index in [1.54, 1.807) is 0 Å². The Morgan fingerprint density at radius 2 is 1.60 bits per heavy atom. The molecule has 4 fully saturated rings. The molecule has 0 radical (unpaired) electrons. The van der Waals surface area contributed by atoms with Gasteiger partial charge in [-0.1, -0.05) is 33.1 Å². The van der Waals surface area contributed by atoms with Gasteiger partial charge in [-0.3, -0.25) is 0 Å². The van der Waals surface area contributed by atoms with Crippen LogP contribution in [0.1, 0.15) is 84.5 Å². The van der Waals surface area contributed by atoms with Crippen LogP contribution in [0.15, 0.2) is 0 Å². The SMILES string of the molecule is CC12CCCC1(C)C1CCC3CCCCC3(S)C1CC2. The normalized spacial score (nSPS) is 58.6. The van der Waals surface area contributed by atoms with Gasteiger partial charge in [-0.15, -0.1) is 0 Å². The fourth-order valence-electron chi connectivity index (χ4n) is 7.23. The molecule has 4 saturated carbocycles. The standard InChI is InChI=1S/C19H32S/c1-17-10-5-11-18(17,2)15-8-7-14-6-3-4-12-19(14,20)16(15)9-13-17/h14-16,20H,3-13H2,1-2H3. The van der Waals surface area contributed by atoms with E-state index in [1.165, 1.54) is 70.6 Å². The second-order valence-corrected chi connectivity index (χ2v) is 9.93. The molecular weight excluding hydrogens is 260 g/mol. The first-order valence-corrected chi connectivity index (χ1v) is 9.67. The van der Waals surface area contributed by atoms with Crippen molar-refractivity contribution in [2.75, 3.05) is 0 Å². The van der Waals surface area contributed by atoms with Crippen molar-refractivity contribution in [2.45, 2.75) is 89.2 Å². The van der Waals surface area contributed by atoms with E-state index in [0.717, 1.165) is 17.8 Å². The molecule has 0 heterocycles. The maximum absolute atomic E-state index is 5.39. The molecule has 0 aromatic rings.